The van der Waals surface area contributed by atoms with E-state index in [0.717, 1.165) is 11.3 Å². The van der Waals surface area contributed by atoms with Crippen LogP contribution in [0.25, 0.3) is 0 Å². The number of benzene rings is 1. The summed E-state index contributed by atoms with van der Waals surface area (Å²) in [7, 11) is 0. The van der Waals surface area contributed by atoms with Gasteiger partial charge in [-0.05, 0) is 18.9 Å². The number of amides is 2. The number of carbonyl (C=O) groups is 2. The minimum atomic E-state index is -0.170. The number of anilines is 1. The first-order valence-electron chi connectivity index (χ1n) is 7.68. The molecule has 0 radical (unpaired) electrons. The van der Waals surface area contributed by atoms with E-state index in [1.165, 1.54) is 22.5 Å². The zero-order valence-corrected chi connectivity index (χ0v) is 13.8. The van der Waals surface area contributed by atoms with Crippen LogP contribution in [0, 0.1) is 12.8 Å². The van der Waals surface area contributed by atoms with Gasteiger partial charge in [0.05, 0.1) is 5.92 Å². The first-order chi connectivity index (χ1) is 11.1. The van der Waals surface area contributed by atoms with E-state index in [9.17, 15) is 9.59 Å². The first kappa shape index (κ1) is 15.7. The van der Waals surface area contributed by atoms with Gasteiger partial charge in [0, 0.05) is 30.5 Å². The van der Waals surface area contributed by atoms with Gasteiger partial charge in [0.15, 0.2) is 5.13 Å². The highest BCUT2D eigenvalue weighted by Crippen LogP contribution is 2.23. The second-order valence-electron chi connectivity index (χ2n) is 5.83. The lowest BCUT2D eigenvalue weighted by molar-refractivity contribution is -0.126. The molecule has 2 heterocycles. The fraction of sp³-hybridized carbons (Fsp3) is 0.353. The minimum Gasteiger partial charge on any atom is -0.355 e. The first-order valence-corrected chi connectivity index (χ1v) is 8.49. The number of aryl methyl sites for hydroxylation is 1. The molecule has 0 unspecified atom stereocenters. The van der Waals surface area contributed by atoms with Crippen molar-refractivity contribution in [1.82, 2.24) is 10.3 Å². The predicted molar refractivity (Wildman–Crippen MR) is 90.5 cm³/mol. The monoisotopic (exact) mass is 329 g/mol. The summed E-state index contributed by atoms with van der Waals surface area (Å²) < 4.78 is 0. The topological polar surface area (TPSA) is 71.1 Å². The van der Waals surface area contributed by atoms with Crippen LogP contribution in [0.1, 0.15) is 28.8 Å². The van der Waals surface area contributed by atoms with Crippen molar-refractivity contribution in [3.8, 4) is 0 Å². The Labute approximate surface area is 139 Å². The summed E-state index contributed by atoms with van der Waals surface area (Å²) in [5.74, 6) is -0.220. The standard InChI is InChI=1S/C17H19N3O2S/c1-11-3-2-4-12(7-11)8-14-10-19-17(23-14)20-16(22)13-5-6-15(21)18-9-13/h2-4,7,10,13H,5-6,8-9H2,1H3,(H,18,21)(H,19,20,22)/t13-/m0/s1. The van der Waals surface area contributed by atoms with Gasteiger partial charge in [0.1, 0.15) is 0 Å². The Bertz CT molecular complexity index is 716. The van der Waals surface area contributed by atoms with Crippen LogP contribution in [0.3, 0.4) is 0 Å². The number of rotatable bonds is 4. The summed E-state index contributed by atoms with van der Waals surface area (Å²) in [6, 6.07) is 8.37. The second kappa shape index (κ2) is 6.91. The fourth-order valence-electron chi connectivity index (χ4n) is 2.63. The predicted octanol–water partition coefficient (Wildman–Crippen LogP) is 2.51. The van der Waals surface area contributed by atoms with E-state index in [4.69, 9.17) is 0 Å². The summed E-state index contributed by atoms with van der Waals surface area (Å²) in [6.07, 6.45) is 3.63. The van der Waals surface area contributed by atoms with E-state index in [-0.39, 0.29) is 17.7 Å². The van der Waals surface area contributed by atoms with Gasteiger partial charge in [-0.25, -0.2) is 4.98 Å². The molecule has 0 aliphatic carbocycles. The third-order valence-electron chi connectivity index (χ3n) is 3.88. The molecule has 0 bridgehead atoms. The van der Waals surface area contributed by atoms with E-state index in [1.54, 1.807) is 0 Å². The third-order valence-corrected chi connectivity index (χ3v) is 4.79. The fourth-order valence-corrected chi connectivity index (χ4v) is 3.48. The molecule has 5 nitrogen and oxygen atoms in total. The molecule has 1 fully saturated rings. The Morgan fingerprint density at radius 3 is 3.09 bits per heavy atom. The van der Waals surface area contributed by atoms with Crippen molar-refractivity contribution in [2.45, 2.75) is 26.2 Å². The Morgan fingerprint density at radius 1 is 1.48 bits per heavy atom. The van der Waals surface area contributed by atoms with E-state index in [0.29, 0.717) is 24.5 Å². The molecule has 1 aromatic heterocycles. The molecular formula is C17H19N3O2S. The maximum Gasteiger partial charge on any atom is 0.231 e. The lowest BCUT2D eigenvalue weighted by Crippen LogP contribution is -2.40. The highest BCUT2D eigenvalue weighted by Gasteiger charge is 2.24. The zero-order valence-electron chi connectivity index (χ0n) is 13.0. The highest BCUT2D eigenvalue weighted by atomic mass is 32.1. The van der Waals surface area contributed by atoms with Gasteiger partial charge in [-0.2, -0.15) is 0 Å². The highest BCUT2D eigenvalue weighted by molar-refractivity contribution is 7.15. The number of thiazole rings is 1. The van der Waals surface area contributed by atoms with Crippen molar-refractivity contribution in [1.29, 1.82) is 0 Å². The molecule has 1 atom stereocenters. The number of nitrogens with zero attached hydrogens (tertiary/aromatic N) is 1. The van der Waals surface area contributed by atoms with Gasteiger partial charge in [0.25, 0.3) is 0 Å². The number of hydrogen-bond donors (Lipinski definition) is 2. The SMILES string of the molecule is Cc1cccc(Cc2cnc(NC(=O)[C@H]3CCC(=O)NC3)s2)c1. The van der Waals surface area contributed by atoms with E-state index < -0.39 is 0 Å². The van der Waals surface area contributed by atoms with Crippen molar-refractivity contribution in [2.75, 3.05) is 11.9 Å². The number of aromatic nitrogens is 1. The van der Waals surface area contributed by atoms with Gasteiger partial charge in [-0.3, -0.25) is 9.59 Å². The van der Waals surface area contributed by atoms with Crippen LogP contribution in [0.15, 0.2) is 30.5 Å². The molecule has 0 spiro atoms. The van der Waals surface area contributed by atoms with Crippen LogP contribution in [-0.2, 0) is 16.0 Å². The molecule has 6 heteroatoms. The maximum absolute atomic E-state index is 12.2. The minimum absolute atomic E-state index is 0.0174. The van der Waals surface area contributed by atoms with Crippen molar-refractivity contribution in [3.05, 3.63) is 46.5 Å². The lowest BCUT2D eigenvalue weighted by Gasteiger charge is -2.20. The molecule has 0 saturated carbocycles. The van der Waals surface area contributed by atoms with Crippen LogP contribution in [0.4, 0.5) is 5.13 Å². The number of nitrogens with one attached hydrogen (secondary N) is 2. The molecule has 120 valence electrons. The average molecular weight is 329 g/mol. The molecule has 1 aromatic carbocycles. The number of carbonyl (C=O) groups excluding carboxylic acids is 2. The van der Waals surface area contributed by atoms with E-state index in [1.807, 2.05) is 12.3 Å². The molecular weight excluding hydrogens is 310 g/mol. The van der Waals surface area contributed by atoms with Crippen LogP contribution in [0.2, 0.25) is 0 Å². The molecule has 1 saturated heterocycles. The van der Waals surface area contributed by atoms with Gasteiger partial charge >= 0.3 is 0 Å². The smallest absolute Gasteiger partial charge is 0.231 e. The summed E-state index contributed by atoms with van der Waals surface area (Å²) in [6.45, 7) is 2.48. The summed E-state index contributed by atoms with van der Waals surface area (Å²) in [5.41, 5.74) is 2.47. The third kappa shape index (κ3) is 4.16. The van der Waals surface area contributed by atoms with Crippen molar-refractivity contribution >= 4 is 28.3 Å². The Morgan fingerprint density at radius 2 is 2.35 bits per heavy atom. The average Bonchev–Trinajstić information content (AvgIpc) is 2.95. The summed E-state index contributed by atoms with van der Waals surface area (Å²) in [5, 5.41) is 6.21. The molecule has 1 aliphatic rings. The number of piperidine rings is 1. The normalized spacial score (nSPS) is 17.6. The zero-order chi connectivity index (χ0) is 16.2. The quantitative estimate of drug-likeness (QED) is 0.905. The van der Waals surface area contributed by atoms with E-state index in [2.05, 4.69) is 40.7 Å². The van der Waals surface area contributed by atoms with Crippen molar-refractivity contribution in [2.24, 2.45) is 5.92 Å². The number of hydrogen-bond acceptors (Lipinski definition) is 4. The second-order valence-corrected chi connectivity index (χ2v) is 6.94. The maximum atomic E-state index is 12.2. The Balaban J connectivity index is 1.58. The molecule has 1 aliphatic heterocycles. The molecule has 2 N–H and O–H groups in total. The van der Waals surface area contributed by atoms with Crippen molar-refractivity contribution < 1.29 is 9.59 Å². The molecule has 23 heavy (non-hydrogen) atoms. The van der Waals surface area contributed by atoms with Gasteiger partial charge < -0.3 is 10.6 Å². The van der Waals surface area contributed by atoms with Crippen LogP contribution < -0.4 is 10.6 Å². The molecule has 2 amide bonds. The lowest BCUT2D eigenvalue weighted by atomic mass is 9.98. The summed E-state index contributed by atoms with van der Waals surface area (Å²) in [4.78, 5) is 28.7. The van der Waals surface area contributed by atoms with Crippen LogP contribution in [0.5, 0.6) is 0 Å². The molecule has 2 aromatic rings. The van der Waals surface area contributed by atoms with Crippen molar-refractivity contribution in [3.63, 3.8) is 0 Å². The van der Waals surface area contributed by atoms with Gasteiger partial charge in [-0.1, -0.05) is 29.8 Å². The molecule has 3 rings (SSSR count). The van der Waals surface area contributed by atoms with E-state index >= 15 is 0 Å². The van der Waals surface area contributed by atoms with Gasteiger partial charge in [0.2, 0.25) is 11.8 Å². The van der Waals surface area contributed by atoms with Crippen LogP contribution in [-0.4, -0.2) is 23.3 Å². The summed E-state index contributed by atoms with van der Waals surface area (Å²) >= 11 is 1.50. The van der Waals surface area contributed by atoms with Gasteiger partial charge in [-0.15, -0.1) is 11.3 Å². The Hall–Kier alpha value is -2.21. The Kier molecular flexibility index (Phi) is 4.71. The largest absolute Gasteiger partial charge is 0.355 e. The van der Waals surface area contributed by atoms with Crippen LogP contribution >= 0.6 is 11.3 Å².